The predicted molar refractivity (Wildman–Crippen MR) is 64.7 cm³/mol. The fraction of sp³-hybridized carbons (Fsp3) is 0. The standard InChI is InChI=1S/C8H6BrN3S2/c9-5-1-3-6(4-2-5)10-7-11-12-8(13)14-7/h1-4H,(H,10,11)(H,12,13). The van der Waals surface area contributed by atoms with Crippen LogP contribution in [0.2, 0.25) is 0 Å². The van der Waals surface area contributed by atoms with Gasteiger partial charge in [-0.3, -0.25) is 5.10 Å². The van der Waals surface area contributed by atoms with E-state index >= 15 is 0 Å². The molecule has 0 atom stereocenters. The van der Waals surface area contributed by atoms with E-state index < -0.39 is 0 Å². The molecule has 1 heterocycles. The summed E-state index contributed by atoms with van der Waals surface area (Å²) in [6, 6.07) is 7.87. The molecule has 0 saturated heterocycles. The molecule has 3 nitrogen and oxygen atoms in total. The van der Waals surface area contributed by atoms with Gasteiger partial charge in [-0.25, -0.2) is 0 Å². The van der Waals surface area contributed by atoms with Gasteiger partial charge in [0.1, 0.15) is 0 Å². The fourth-order valence-corrected chi connectivity index (χ4v) is 2.01. The molecule has 2 rings (SSSR count). The lowest BCUT2D eigenvalue weighted by atomic mass is 10.3. The first-order valence-corrected chi connectivity index (χ1v) is 5.84. The Labute approximate surface area is 98.3 Å². The number of aromatic amines is 1. The highest BCUT2D eigenvalue weighted by Crippen LogP contribution is 2.20. The van der Waals surface area contributed by atoms with Crippen LogP contribution >= 0.6 is 39.5 Å². The summed E-state index contributed by atoms with van der Waals surface area (Å²) in [5.41, 5.74) is 0.992. The average molecular weight is 288 g/mol. The highest BCUT2D eigenvalue weighted by molar-refractivity contribution is 9.10. The van der Waals surface area contributed by atoms with E-state index in [2.05, 4.69) is 31.4 Å². The molecule has 0 aliphatic rings. The molecule has 0 spiro atoms. The zero-order valence-corrected chi connectivity index (χ0v) is 10.2. The topological polar surface area (TPSA) is 40.7 Å². The number of H-pyrrole nitrogens is 1. The van der Waals surface area contributed by atoms with Crippen LogP contribution in [0.15, 0.2) is 28.7 Å². The fourth-order valence-electron chi connectivity index (χ4n) is 0.940. The van der Waals surface area contributed by atoms with E-state index in [0.29, 0.717) is 3.95 Å². The van der Waals surface area contributed by atoms with E-state index in [1.807, 2.05) is 24.3 Å². The summed E-state index contributed by atoms with van der Waals surface area (Å²) in [5, 5.41) is 10.6. The van der Waals surface area contributed by atoms with Crippen LogP contribution in [0.25, 0.3) is 0 Å². The third kappa shape index (κ3) is 2.40. The molecule has 1 aromatic carbocycles. The number of nitrogens with zero attached hydrogens (tertiary/aromatic N) is 1. The van der Waals surface area contributed by atoms with Gasteiger partial charge in [-0.2, -0.15) is 0 Å². The SMILES string of the molecule is S=c1[nH]nc(Nc2ccc(Br)cc2)s1. The summed E-state index contributed by atoms with van der Waals surface area (Å²) in [6.07, 6.45) is 0. The van der Waals surface area contributed by atoms with E-state index in [0.717, 1.165) is 15.3 Å². The van der Waals surface area contributed by atoms with Gasteiger partial charge in [0.2, 0.25) is 5.13 Å². The minimum Gasteiger partial charge on any atom is -0.330 e. The Morgan fingerprint density at radius 2 is 2.07 bits per heavy atom. The van der Waals surface area contributed by atoms with Crippen LogP contribution in [0.1, 0.15) is 0 Å². The van der Waals surface area contributed by atoms with Gasteiger partial charge in [0.25, 0.3) is 0 Å². The van der Waals surface area contributed by atoms with Crippen LogP contribution in [0.5, 0.6) is 0 Å². The minimum atomic E-state index is 0.671. The lowest BCUT2D eigenvalue weighted by molar-refractivity contribution is 1.08. The van der Waals surface area contributed by atoms with E-state index in [1.54, 1.807) is 0 Å². The molecule has 0 aliphatic carbocycles. The molecule has 0 radical (unpaired) electrons. The van der Waals surface area contributed by atoms with Crippen LogP contribution in [0, 0.1) is 3.95 Å². The highest BCUT2D eigenvalue weighted by atomic mass is 79.9. The van der Waals surface area contributed by atoms with Gasteiger partial charge in [-0.05, 0) is 36.5 Å². The van der Waals surface area contributed by atoms with Gasteiger partial charge in [0, 0.05) is 10.2 Å². The number of hydrogen-bond donors (Lipinski definition) is 2. The van der Waals surface area contributed by atoms with Gasteiger partial charge in [-0.15, -0.1) is 5.10 Å². The normalized spacial score (nSPS) is 10.1. The second-order valence-electron chi connectivity index (χ2n) is 2.55. The monoisotopic (exact) mass is 287 g/mol. The second kappa shape index (κ2) is 4.20. The van der Waals surface area contributed by atoms with Crippen molar-refractivity contribution < 1.29 is 0 Å². The highest BCUT2D eigenvalue weighted by Gasteiger charge is 1.97. The molecule has 72 valence electrons. The molecular weight excluding hydrogens is 282 g/mol. The third-order valence-electron chi connectivity index (χ3n) is 1.53. The maximum absolute atomic E-state index is 4.92. The Hall–Kier alpha value is -0.720. The van der Waals surface area contributed by atoms with Crippen molar-refractivity contribution in [3.63, 3.8) is 0 Å². The van der Waals surface area contributed by atoms with Crippen LogP contribution in [-0.4, -0.2) is 10.2 Å². The van der Waals surface area contributed by atoms with Gasteiger partial charge < -0.3 is 5.32 Å². The first-order chi connectivity index (χ1) is 6.74. The largest absolute Gasteiger partial charge is 0.330 e. The summed E-state index contributed by atoms with van der Waals surface area (Å²) in [4.78, 5) is 0. The molecule has 0 fully saturated rings. The quantitative estimate of drug-likeness (QED) is 0.828. The number of halogens is 1. The predicted octanol–water partition coefficient (Wildman–Crippen LogP) is 3.71. The van der Waals surface area contributed by atoms with Gasteiger partial charge in [0.05, 0.1) is 0 Å². The van der Waals surface area contributed by atoms with Crippen LogP contribution in [0.4, 0.5) is 10.8 Å². The maximum Gasteiger partial charge on any atom is 0.208 e. The smallest absolute Gasteiger partial charge is 0.208 e. The van der Waals surface area contributed by atoms with Crippen molar-refractivity contribution in [1.82, 2.24) is 10.2 Å². The van der Waals surface area contributed by atoms with Crippen LogP contribution in [-0.2, 0) is 0 Å². The van der Waals surface area contributed by atoms with Gasteiger partial charge in [0.15, 0.2) is 3.95 Å². The van der Waals surface area contributed by atoms with Crippen molar-refractivity contribution in [3.05, 3.63) is 32.7 Å². The molecule has 2 N–H and O–H groups in total. The molecule has 0 bridgehead atoms. The summed E-state index contributed by atoms with van der Waals surface area (Å²) >= 11 is 9.71. The molecule has 0 aliphatic heterocycles. The number of rotatable bonds is 2. The van der Waals surface area contributed by atoms with Gasteiger partial charge in [-0.1, -0.05) is 27.3 Å². The summed E-state index contributed by atoms with van der Waals surface area (Å²) in [6.45, 7) is 0. The molecule has 6 heteroatoms. The first-order valence-electron chi connectivity index (χ1n) is 3.82. The maximum atomic E-state index is 4.92. The zero-order valence-electron chi connectivity index (χ0n) is 6.95. The van der Waals surface area contributed by atoms with E-state index in [9.17, 15) is 0 Å². The molecule has 2 aromatic rings. The Morgan fingerprint density at radius 3 is 2.64 bits per heavy atom. The molecule has 1 aromatic heterocycles. The number of aromatic nitrogens is 2. The van der Waals surface area contributed by atoms with E-state index in [1.165, 1.54) is 11.3 Å². The van der Waals surface area contributed by atoms with E-state index in [-0.39, 0.29) is 0 Å². The molecular formula is C8H6BrN3S2. The molecule has 0 unspecified atom stereocenters. The summed E-state index contributed by atoms with van der Waals surface area (Å²) in [7, 11) is 0. The first kappa shape index (κ1) is 9.82. The lowest BCUT2D eigenvalue weighted by Crippen LogP contribution is -1.88. The van der Waals surface area contributed by atoms with Crippen molar-refractivity contribution in [1.29, 1.82) is 0 Å². The minimum absolute atomic E-state index is 0.671. The average Bonchev–Trinajstić information content (AvgIpc) is 2.56. The van der Waals surface area contributed by atoms with Crippen molar-refractivity contribution in [3.8, 4) is 0 Å². The zero-order chi connectivity index (χ0) is 9.97. The Balaban J connectivity index is 2.19. The molecule has 0 amide bonds. The molecule has 14 heavy (non-hydrogen) atoms. The number of nitrogens with one attached hydrogen (secondary N) is 2. The number of benzene rings is 1. The van der Waals surface area contributed by atoms with Crippen LogP contribution < -0.4 is 5.32 Å². The summed E-state index contributed by atoms with van der Waals surface area (Å²) in [5.74, 6) is 0. The second-order valence-corrected chi connectivity index (χ2v) is 5.13. The summed E-state index contributed by atoms with van der Waals surface area (Å²) < 4.78 is 1.72. The Kier molecular flexibility index (Phi) is 2.95. The lowest BCUT2D eigenvalue weighted by Gasteiger charge is -2.00. The van der Waals surface area contributed by atoms with E-state index in [4.69, 9.17) is 12.2 Å². The van der Waals surface area contributed by atoms with Crippen molar-refractivity contribution in [2.24, 2.45) is 0 Å². The van der Waals surface area contributed by atoms with Crippen LogP contribution in [0.3, 0.4) is 0 Å². The Bertz CT molecular complexity index is 474. The van der Waals surface area contributed by atoms with Gasteiger partial charge >= 0.3 is 0 Å². The number of hydrogen-bond acceptors (Lipinski definition) is 4. The van der Waals surface area contributed by atoms with Crippen molar-refractivity contribution in [2.45, 2.75) is 0 Å². The number of anilines is 2. The van der Waals surface area contributed by atoms with Crippen molar-refractivity contribution >= 4 is 50.3 Å². The van der Waals surface area contributed by atoms with Crippen molar-refractivity contribution in [2.75, 3.05) is 5.32 Å². The Morgan fingerprint density at radius 1 is 1.36 bits per heavy atom. The third-order valence-corrected chi connectivity index (χ3v) is 3.07. The molecule has 0 saturated carbocycles.